The second-order valence-corrected chi connectivity index (χ2v) is 2.76. The molecule has 2 heteroatoms. The van der Waals surface area contributed by atoms with Crippen LogP contribution in [-0.2, 0) is 0 Å². The van der Waals surface area contributed by atoms with Crippen molar-refractivity contribution in [3.63, 3.8) is 0 Å². The van der Waals surface area contributed by atoms with Gasteiger partial charge in [-0.2, -0.15) is 0 Å². The molecule has 0 atom stereocenters. The second-order valence-electron chi connectivity index (χ2n) is 2.76. The van der Waals surface area contributed by atoms with Crippen molar-refractivity contribution < 1.29 is 9.15 Å². The zero-order chi connectivity index (χ0) is 8.55. The van der Waals surface area contributed by atoms with E-state index < -0.39 is 0 Å². The van der Waals surface area contributed by atoms with E-state index in [-0.39, 0.29) is 0 Å². The van der Waals surface area contributed by atoms with Gasteiger partial charge in [-0.15, -0.1) is 0 Å². The molecule has 0 unspecified atom stereocenters. The van der Waals surface area contributed by atoms with E-state index in [2.05, 4.69) is 13.0 Å². The summed E-state index contributed by atoms with van der Waals surface area (Å²) in [5.41, 5.74) is 2.09. The number of hydrogen-bond acceptors (Lipinski definition) is 2. The molecule has 0 amide bonds. The molecule has 0 fully saturated rings. The van der Waals surface area contributed by atoms with Crippen LogP contribution in [0.3, 0.4) is 0 Å². The molecule has 0 saturated heterocycles. The van der Waals surface area contributed by atoms with E-state index in [4.69, 9.17) is 9.15 Å². The van der Waals surface area contributed by atoms with Gasteiger partial charge in [0.1, 0.15) is 5.58 Å². The van der Waals surface area contributed by atoms with Gasteiger partial charge in [0, 0.05) is 11.5 Å². The monoisotopic (exact) mass is 162 g/mol. The Bertz CT molecular complexity index is 401. The number of methoxy groups -OCH3 is 1. The molecule has 2 nitrogen and oxygen atoms in total. The summed E-state index contributed by atoms with van der Waals surface area (Å²) < 4.78 is 10.4. The lowest BCUT2D eigenvalue weighted by Gasteiger charge is -1.90. The molecular weight excluding hydrogens is 152 g/mol. The maximum atomic E-state index is 5.38. The van der Waals surface area contributed by atoms with Gasteiger partial charge in [0.15, 0.2) is 0 Å². The highest BCUT2D eigenvalue weighted by molar-refractivity contribution is 5.82. The van der Waals surface area contributed by atoms with Crippen molar-refractivity contribution in [2.24, 2.45) is 0 Å². The van der Waals surface area contributed by atoms with Gasteiger partial charge in [-0.3, -0.25) is 0 Å². The van der Waals surface area contributed by atoms with E-state index in [0.29, 0.717) is 5.95 Å². The van der Waals surface area contributed by atoms with Crippen LogP contribution in [0, 0.1) is 6.92 Å². The van der Waals surface area contributed by atoms with Gasteiger partial charge in [0.05, 0.1) is 7.11 Å². The first kappa shape index (κ1) is 7.22. The fourth-order valence-corrected chi connectivity index (χ4v) is 1.28. The summed E-state index contributed by atoms with van der Waals surface area (Å²) in [6.45, 7) is 2.05. The average Bonchev–Trinajstić information content (AvgIpc) is 2.49. The van der Waals surface area contributed by atoms with Crippen LogP contribution in [0.15, 0.2) is 28.7 Å². The molecule has 0 bridgehead atoms. The van der Waals surface area contributed by atoms with Gasteiger partial charge in [-0.05, 0) is 18.6 Å². The standard InChI is InChI=1S/C10H10O2/c1-7-4-3-5-9-8(7)6-10(11-2)12-9/h3-6H,1-2H3. The Morgan fingerprint density at radius 1 is 1.33 bits per heavy atom. The van der Waals surface area contributed by atoms with E-state index in [9.17, 15) is 0 Å². The molecule has 0 saturated carbocycles. The quantitative estimate of drug-likeness (QED) is 0.643. The summed E-state index contributed by atoms with van der Waals surface area (Å²) in [4.78, 5) is 0. The Hall–Kier alpha value is -1.44. The molecular formula is C10H10O2. The third-order valence-corrected chi connectivity index (χ3v) is 1.96. The summed E-state index contributed by atoms with van der Waals surface area (Å²) >= 11 is 0. The number of aryl methyl sites for hydroxylation is 1. The van der Waals surface area contributed by atoms with Gasteiger partial charge in [0.25, 0.3) is 5.95 Å². The largest absolute Gasteiger partial charge is 0.468 e. The van der Waals surface area contributed by atoms with Gasteiger partial charge in [-0.25, -0.2) is 0 Å². The second kappa shape index (κ2) is 2.55. The van der Waals surface area contributed by atoms with Crippen LogP contribution >= 0.6 is 0 Å². The van der Waals surface area contributed by atoms with E-state index in [1.807, 2.05) is 18.2 Å². The summed E-state index contributed by atoms with van der Waals surface area (Å²) in [5.74, 6) is 0.569. The normalized spacial score (nSPS) is 10.5. The topological polar surface area (TPSA) is 22.4 Å². The summed E-state index contributed by atoms with van der Waals surface area (Å²) in [6.07, 6.45) is 0. The minimum Gasteiger partial charge on any atom is -0.468 e. The zero-order valence-electron chi connectivity index (χ0n) is 7.13. The first-order chi connectivity index (χ1) is 5.81. The lowest BCUT2D eigenvalue weighted by atomic mass is 10.1. The Morgan fingerprint density at radius 2 is 2.17 bits per heavy atom. The summed E-state index contributed by atoms with van der Waals surface area (Å²) in [5, 5.41) is 1.12. The molecule has 62 valence electrons. The van der Waals surface area contributed by atoms with Crippen LogP contribution in [0.4, 0.5) is 0 Å². The number of benzene rings is 1. The van der Waals surface area contributed by atoms with Gasteiger partial charge in [-0.1, -0.05) is 12.1 Å². The molecule has 1 aromatic heterocycles. The molecule has 12 heavy (non-hydrogen) atoms. The number of fused-ring (bicyclic) bond motifs is 1. The Morgan fingerprint density at radius 3 is 2.83 bits per heavy atom. The van der Waals surface area contributed by atoms with Crippen molar-refractivity contribution in [3.05, 3.63) is 29.8 Å². The van der Waals surface area contributed by atoms with Gasteiger partial charge >= 0.3 is 0 Å². The van der Waals surface area contributed by atoms with E-state index in [1.54, 1.807) is 7.11 Å². The smallest absolute Gasteiger partial charge is 0.285 e. The van der Waals surface area contributed by atoms with Crippen molar-refractivity contribution >= 4 is 11.0 Å². The zero-order valence-corrected chi connectivity index (χ0v) is 7.13. The van der Waals surface area contributed by atoms with E-state index >= 15 is 0 Å². The molecule has 0 radical (unpaired) electrons. The molecule has 1 heterocycles. The SMILES string of the molecule is COc1cc2c(C)cccc2o1. The maximum Gasteiger partial charge on any atom is 0.285 e. The number of hydrogen-bond donors (Lipinski definition) is 0. The van der Waals surface area contributed by atoms with Crippen LogP contribution < -0.4 is 4.74 Å². The van der Waals surface area contributed by atoms with E-state index in [0.717, 1.165) is 11.0 Å². The molecule has 1 aromatic carbocycles. The molecule has 0 N–H and O–H groups in total. The molecule has 0 aliphatic carbocycles. The lowest BCUT2D eigenvalue weighted by Crippen LogP contribution is -1.75. The summed E-state index contributed by atoms with van der Waals surface area (Å²) in [6, 6.07) is 7.87. The van der Waals surface area contributed by atoms with E-state index in [1.165, 1.54) is 5.56 Å². The summed E-state index contributed by atoms with van der Waals surface area (Å²) in [7, 11) is 1.60. The lowest BCUT2D eigenvalue weighted by molar-refractivity contribution is 0.316. The van der Waals surface area contributed by atoms with Crippen molar-refractivity contribution in [1.29, 1.82) is 0 Å². The highest BCUT2D eigenvalue weighted by atomic mass is 16.6. The van der Waals surface area contributed by atoms with Crippen LogP contribution in [0.2, 0.25) is 0 Å². The van der Waals surface area contributed by atoms with Gasteiger partial charge < -0.3 is 9.15 Å². The first-order valence-electron chi connectivity index (χ1n) is 3.84. The minimum absolute atomic E-state index is 0.569. The predicted octanol–water partition coefficient (Wildman–Crippen LogP) is 2.75. The highest BCUT2D eigenvalue weighted by Crippen LogP contribution is 2.26. The third-order valence-electron chi connectivity index (χ3n) is 1.96. The van der Waals surface area contributed by atoms with Crippen molar-refractivity contribution in [2.75, 3.05) is 7.11 Å². The fourth-order valence-electron chi connectivity index (χ4n) is 1.28. The third kappa shape index (κ3) is 0.961. The average molecular weight is 162 g/mol. The Balaban J connectivity index is 2.74. The fraction of sp³-hybridized carbons (Fsp3) is 0.200. The number of furan rings is 1. The Kier molecular flexibility index (Phi) is 1.54. The first-order valence-corrected chi connectivity index (χ1v) is 3.84. The van der Waals surface area contributed by atoms with Crippen LogP contribution in [0.1, 0.15) is 5.56 Å². The van der Waals surface area contributed by atoms with Crippen LogP contribution in [0.25, 0.3) is 11.0 Å². The van der Waals surface area contributed by atoms with Gasteiger partial charge in [0.2, 0.25) is 0 Å². The molecule has 2 aromatic rings. The molecule has 0 aliphatic rings. The number of ether oxygens (including phenoxy) is 1. The van der Waals surface area contributed by atoms with Crippen LogP contribution in [-0.4, -0.2) is 7.11 Å². The maximum absolute atomic E-state index is 5.38. The molecule has 2 rings (SSSR count). The Labute approximate surface area is 70.8 Å². The molecule has 0 aliphatic heterocycles. The predicted molar refractivity (Wildman–Crippen MR) is 47.5 cm³/mol. The number of rotatable bonds is 1. The highest BCUT2D eigenvalue weighted by Gasteiger charge is 2.03. The van der Waals surface area contributed by atoms with Crippen molar-refractivity contribution in [1.82, 2.24) is 0 Å². The van der Waals surface area contributed by atoms with Crippen LogP contribution in [0.5, 0.6) is 5.95 Å². The molecule has 0 spiro atoms. The van der Waals surface area contributed by atoms with Crippen molar-refractivity contribution in [2.45, 2.75) is 6.92 Å². The minimum atomic E-state index is 0.569. The van der Waals surface area contributed by atoms with Crippen molar-refractivity contribution in [3.8, 4) is 5.95 Å².